The van der Waals surface area contributed by atoms with Crippen LogP contribution in [-0.2, 0) is 8.85 Å². The highest BCUT2D eigenvalue weighted by molar-refractivity contribution is 6.70. The molecule has 20 heavy (non-hydrogen) atoms. The van der Waals surface area contributed by atoms with Crippen molar-refractivity contribution in [1.82, 2.24) is 0 Å². The first-order valence-electron chi connectivity index (χ1n) is 8.54. The van der Waals surface area contributed by atoms with Gasteiger partial charge in [0.05, 0.1) is 0 Å². The van der Waals surface area contributed by atoms with Gasteiger partial charge in [-0.3, -0.25) is 0 Å². The molecule has 0 radical (unpaired) electrons. The quantitative estimate of drug-likeness (QED) is 0.681. The molecule has 0 saturated heterocycles. The SMILES string of the molecule is CO[Si](OC)(C1CC(C)CC(C)C1)C1CCC(C)C1C. The Morgan fingerprint density at radius 3 is 1.75 bits per heavy atom. The number of rotatable bonds is 4. The van der Waals surface area contributed by atoms with Crippen molar-refractivity contribution in [3.05, 3.63) is 0 Å². The van der Waals surface area contributed by atoms with Gasteiger partial charge in [-0.1, -0.05) is 34.1 Å². The lowest BCUT2D eigenvalue weighted by Crippen LogP contribution is -2.52. The summed E-state index contributed by atoms with van der Waals surface area (Å²) in [6, 6.07) is 0. The molecule has 0 aliphatic heterocycles. The van der Waals surface area contributed by atoms with Crippen LogP contribution in [0.15, 0.2) is 0 Å². The van der Waals surface area contributed by atoms with Crippen molar-refractivity contribution in [2.75, 3.05) is 14.2 Å². The first-order chi connectivity index (χ1) is 9.44. The van der Waals surface area contributed by atoms with Gasteiger partial charge in [0.15, 0.2) is 0 Å². The fraction of sp³-hybridized carbons (Fsp3) is 1.00. The Morgan fingerprint density at radius 1 is 0.800 bits per heavy atom. The molecule has 5 atom stereocenters. The van der Waals surface area contributed by atoms with E-state index < -0.39 is 8.56 Å². The van der Waals surface area contributed by atoms with Crippen molar-refractivity contribution < 1.29 is 8.85 Å². The molecule has 0 aromatic heterocycles. The molecule has 0 amide bonds. The second-order valence-electron chi connectivity index (χ2n) is 7.76. The molecular formula is C17H34O2Si. The normalized spacial score (nSPS) is 42.9. The van der Waals surface area contributed by atoms with Crippen LogP contribution in [0.1, 0.15) is 59.8 Å². The van der Waals surface area contributed by atoms with Crippen LogP contribution < -0.4 is 0 Å². The van der Waals surface area contributed by atoms with Crippen molar-refractivity contribution in [3.8, 4) is 0 Å². The average Bonchev–Trinajstić information content (AvgIpc) is 2.73. The van der Waals surface area contributed by atoms with Gasteiger partial charge in [0.1, 0.15) is 0 Å². The van der Waals surface area contributed by atoms with Gasteiger partial charge in [-0.2, -0.15) is 0 Å². The molecule has 0 aromatic carbocycles. The minimum Gasteiger partial charge on any atom is -0.397 e. The third kappa shape index (κ3) is 2.86. The van der Waals surface area contributed by atoms with E-state index in [4.69, 9.17) is 8.85 Å². The molecule has 2 nitrogen and oxygen atoms in total. The lowest BCUT2D eigenvalue weighted by atomic mass is 9.83. The summed E-state index contributed by atoms with van der Waals surface area (Å²) in [5, 5.41) is 0. The maximum Gasteiger partial charge on any atom is 0.344 e. The third-order valence-electron chi connectivity index (χ3n) is 6.37. The van der Waals surface area contributed by atoms with Crippen LogP contribution in [0, 0.1) is 23.7 Å². The van der Waals surface area contributed by atoms with E-state index in [0.29, 0.717) is 11.1 Å². The van der Waals surface area contributed by atoms with E-state index in [1.165, 1.54) is 32.1 Å². The summed E-state index contributed by atoms with van der Waals surface area (Å²) in [4.78, 5) is 0. The maximum absolute atomic E-state index is 6.24. The van der Waals surface area contributed by atoms with E-state index in [0.717, 1.165) is 23.7 Å². The molecule has 0 aromatic rings. The van der Waals surface area contributed by atoms with Gasteiger partial charge in [-0.15, -0.1) is 0 Å². The minimum atomic E-state index is -2.10. The van der Waals surface area contributed by atoms with Crippen molar-refractivity contribution in [2.24, 2.45) is 23.7 Å². The van der Waals surface area contributed by atoms with Crippen LogP contribution in [0.4, 0.5) is 0 Å². The smallest absolute Gasteiger partial charge is 0.344 e. The van der Waals surface area contributed by atoms with E-state index in [1.807, 2.05) is 14.2 Å². The van der Waals surface area contributed by atoms with Crippen LogP contribution in [0.2, 0.25) is 11.1 Å². The zero-order valence-electron chi connectivity index (χ0n) is 14.3. The molecule has 5 unspecified atom stereocenters. The highest BCUT2D eigenvalue weighted by atomic mass is 28.4. The van der Waals surface area contributed by atoms with Gasteiger partial charge in [0.25, 0.3) is 0 Å². The Labute approximate surface area is 126 Å². The summed E-state index contributed by atoms with van der Waals surface area (Å²) in [7, 11) is 1.75. The molecule has 2 aliphatic rings. The van der Waals surface area contributed by atoms with Crippen LogP contribution >= 0.6 is 0 Å². The molecule has 0 spiro atoms. The van der Waals surface area contributed by atoms with Crippen molar-refractivity contribution in [1.29, 1.82) is 0 Å². The summed E-state index contributed by atoms with van der Waals surface area (Å²) >= 11 is 0. The predicted molar refractivity (Wildman–Crippen MR) is 87.0 cm³/mol. The molecule has 3 heteroatoms. The molecule has 2 rings (SSSR count). The summed E-state index contributed by atoms with van der Waals surface area (Å²) in [5.74, 6) is 3.25. The van der Waals surface area contributed by atoms with Gasteiger partial charge in [-0.05, 0) is 49.4 Å². The second kappa shape index (κ2) is 6.49. The molecule has 0 N–H and O–H groups in total. The van der Waals surface area contributed by atoms with Crippen LogP contribution in [0.3, 0.4) is 0 Å². The third-order valence-corrected chi connectivity index (χ3v) is 11.1. The zero-order valence-corrected chi connectivity index (χ0v) is 15.3. The molecule has 0 heterocycles. The maximum atomic E-state index is 6.24. The molecule has 0 bridgehead atoms. The monoisotopic (exact) mass is 298 g/mol. The summed E-state index contributed by atoms with van der Waals surface area (Å²) < 4.78 is 12.5. The Kier molecular flexibility index (Phi) is 5.36. The minimum absolute atomic E-state index is 0.689. The van der Waals surface area contributed by atoms with E-state index in [1.54, 1.807) is 0 Å². The number of hydrogen-bond donors (Lipinski definition) is 0. The van der Waals surface area contributed by atoms with E-state index in [9.17, 15) is 0 Å². The highest BCUT2D eigenvalue weighted by Crippen LogP contribution is 2.54. The van der Waals surface area contributed by atoms with E-state index in [-0.39, 0.29) is 0 Å². The van der Waals surface area contributed by atoms with Crippen molar-refractivity contribution >= 4 is 8.56 Å². The molecule has 2 aliphatic carbocycles. The van der Waals surface area contributed by atoms with Crippen LogP contribution in [-0.4, -0.2) is 22.8 Å². The topological polar surface area (TPSA) is 18.5 Å². The second-order valence-corrected chi connectivity index (χ2v) is 11.6. The molecule has 118 valence electrons. The highest BCUT2D eigenvalue weighted by Gasteiger charge is 2.56. The zero-order chi connectivity index (χ0) is 14.9. The summed E-state index contributed by atoms with van der Waals surface area (Å²) in [6.07, 6.45) is 6.68. The van der Waals surface area contributed by atoms with Gasteiger partial charge in [0.2, 0.25) is 0 Å². The van der Waals surface area contributed by atoms with Crippen molar-refractivity contribution in [2.45, 2.75) is 70.9 Å². The first kappa shape index (κ1) is 16.5. The fourth-order valence-corrected chi connectivity index (χ4v) is 10.4. The van der Waals surface area contributed by atoms with Crippen molar-refractivity contribution in [3.63, 3.8) is 0 Å². The van der Waals surface area contributed by atoms with Gasteiger partial charge in [-0.25, -0.2) is 0 Å². The van der Waals surface area contributed by atoms with Crippen LogP contribution in [0.5, 0.6) is 0 Å². The van der Waals surface area contributed by atoms with E-state index >= 15 is 0 Å². The predicted octanol–water partition coefficient (Wildman–Crippen LogP) is 4.98. The summed E-state index contributed by atoms with van der Waals surface area (Å²) in [5.41, 5.74) is 1.38. The first-order valence-corrected chi connectivity index (χ1v) is 10.5. The number of hydrogen-bond acceptors (Lipinski definition) is 2. The van der Waals surface area contributed by atoms with Gasteiger partial charge >= 0.3 is 8.56 Å². The molecule has 2 saturated carbocycles. The Balaban J connectivity index is 2.24. The standard InChI is InChI=1S/C17H34O2Si/c1-12-9-13(2)11-16(10-12)20(18-5,19-6)17-8-7-14(3)15(17)4/h12-17H,7-11H2,1-6H3. The Hall–Kier alpha value is 0.137. The lowest BCUT2D eigenvalue weighted by Gasteiger charge is -2.45. The largest absolute Gasteiger partial charge is 0.397 e. The van der Waals surface area contributed by atoms with Gasteiger partial charge < -0.3 is 8.85 Å². The molecular weight excluding hydrogens is 264 g/mol. The van der Waals surface area contributed by atoms with Crippen LogP contribution in [0.25, 0.3) is 0 Å². The van der Waals surface area contributed by atoms with Gasteiger partial charge in [0, 0.05) is 25.3 Å². The lowest BCUT2D eigenvalue weighted by molar-refractivity contribution is 0.173. The Morgan fingerprint density at radius 2 is 1.35 bits per heavy atom. The molecule has 2 fully saturated rings. The average molecular weight is 299 g/mol. The van der Waals surface area contributed by atoms with E-state index in [2.05, 4.69) is 27.7 Å². The summed E-state index contributed by atoms with van der Waals surface area (Å²) in [6.45, 7) is 9.65. The fourth-order valence-electron chi connectivity index (χ4n) is 5.23. The Bertz CT molecular complexity index is 306.